The normalized spacial score (nSPS) is 14.6. The van der Waals surface area contributed by atoms with Gasteiger partial charge in [-0.25, -0.2) is 0 Å². The summed E-state index contributed by atoms with van der Waals surface area (Å²) in [7, 11) is 0. The fourth-order valence-electron chi connectivity index (χ4n) is 2.34. The van der Waals surface area contributed by atoms with Gasteiger partial charge in [0, 0.05) is 30.8 Å². The number of carbonyl (C=O) groups excluding carboxylic acids is 1. The fourth-order valence-corrected chi connectivity index (χ4v) is 2.53. The van der Waals surface area contributed by atoms with Crippen LogP contribution in [-0.4, -0.2) is 40.0 Å². The molecule has 6 nitrogen and oxygen atoms in total. The molecule has 0 aliphatic heterocycles. The van der Waals surface area contributed by atoms with Crippen molar-refractivity contribution in [2.45, 2.75) is 31.7 Å². The molecule has 0 aromatic heterocycles. The molecule has 1 fully saturated rings. The third-order valence-corrected chi connectivity index (χ3v) is 4.04. The third kappa shape index (κ3) is 3.51. The molecule has 1 saturated carbocycles. The summed E-state index contributed by atoms with van der Waals surface area (Å²) in [6.45, 7) is 0.466. The Bertz CT molecular complexity index is 546. The second kappa shape index (κ2) is 6.87. The topological polar surface area (TPSA) is 83.7 Å². The summed E-state index contributed by atoms with van der Waals surface area (Å²) in [6.07, 6.45) is 3.45. The van der Waals surface area contributed by atoms with Gasteiger partial charge in [-0.1, -0.05) is 11.6 Å². The van der Waals surface area contributed by atoms with Gasteiger partial charge in [-0.3, -0.25) is 14.9 Å². The van der Waals surface area contributed by atoms with Gasteiger partial charge in [-0.15, -0.1) is 0 Å². The molecular weight excluding hydrogens is 296 g/mol. The van der Waals surface area contributed by atoms with Crippen LogP contribution in [0.4, 0.5) is 5.69 Å². The van der Waals surface area contributed by atoms with E-state index in [1.165, 1.54) is 18.2 Å². The van der Waals surface area contributed by atoms with Crippen molar-refractivity contribution in [2.75, 3.05) is 13.2 Å². The molecule has 1 aromatic rings. The number of aliphatic hydroxyl groups is 1. The Kier molecular flexibility index (Phi) is 5.14. The van der Waals surface area contributed by atoms with Crippen LogP contribution >= 0.6 is 11.6 Å². The van der Waals surface area contributed by atoms with Gasteiger partial charge in [0.25, 0.3) is 11.6 Å². The zero-order valence-corrected chi connectivity index (χ0v) is 12.3. The quantitative estimate of drug-likeness (QED) is 0.646. The lowest BCUT2D eigenvalue weighted by atomic mass is 9.90. The molecule has 0 unspecified atom stereocenters. The number of amides is 1. The average Bonchev–Trinajstić information content (AvgIpc) is 2.40. The summed E-state index contributed by atoms with van der Waals surface area (Å²) in [5.74, 6) is -0.243. The Labute approximate surface area is 127 Å². The van der Waals surface area contributed by atoms with E-state index >= 15 is 0 Å². The smallest absolute Gasteiger partial charge is 0.288 e. The third-order valence-electron chi connectivity index (χ3n) is 3.72. The summed E-state index contributed by atoms with van der Waals surface area (Å²) in [5.41, 5.74) is -0.00539. The number of nitro benzene ring substituents is 1. The number of halogens is 1. The highest BCUT2D eigenvalue weighted by Crippen LogP contribution is 2.29. The number of hydrogen-bond donors (Lipinski definition) is 1. The molecule has 1 aliphatic carbocycles. The molecule has 7 heteroatoms. The van der Waals surface area contributed by atoms with E-state index in [0.717, 1.165) is 19.3 Å². The molecule has 0 radical (unpaired) electrons. The molecule has 21 heavy (non-hydrogen) atoms. The molecule has 0 atom stereocenters. The first-order valence-electron chi connectivity index (χ1n) is 6.90. The number of nitro groups is 1. The summed E-state index contributed by atoms with van der Waals surface area (Å²) < 4.78 is 0. The van der Waals surface area contributed by atoms with Crippen molar-refractivity contribution in [3.05, 3.63) is 38.9 Å². The van der Waals surface area contributed by atoms with Gasteiger partial charge in [-0.05, 0) is 37.8 Å². The first kappa shape index (κ1) is 15.7. The van der Waals surface area contributed by atoms with E-state index in [-0.39, 0.29) is 34.8 Å². The lowest BCUT2D eigenvalue weighted by Crippen LogP contribution is -2.45. The highest BCUT2D eigenvalue weighted by Gasteiger charge is 2.29. The summed E-state index contributed by atoms with van der Waals surface area (Å²) >= 11 is 5.76. The fraction of sp³-hybridized carbons (Fsp3) is 0.500. The highest BCUT2D eigenvalue weighted by molar-refractivity contribution is 6.32. The van der Waals surface area contributed by atoms with Crippen LogP contribution in [0.1, 0.15) is 36.0 Å². The zero-order chi connectivity index (χ0) is 15.4. The van der Waals surface area contributed by atoms with E-state index in [4.69, 9.17) is 16.7 Å². The maximum Gasteiger partial charge on any atom is 0.288 e. The molecule has 1 aliphatic rings. The van der Waals surface area contributed by atoms with Crippen molar-refractivity contribution in [3.8, 4) is 0 Å². The van der Waals surface area contributed by atoms with Gasteiger partial charge in [0.1, 0.15) is 5.02 Å². The van der Waals surface area contributed by atoms with E-state index in [1.807, 2.05) is 0 Å². The van der Waals surface area contributed by atoms with Crippen molar-refractivity contribution in [2.24, 2.45) is 0 Å². The van der Waals surface area contributed by atoms with Crippen LogP contribution in [-0.2, 0) is 0 Å². The second-order valence-electron chi connectivity index (χ2n) is 5.08. The van der Waals surface area contributed by atoms with Crippen molar-refractivity contribution in [1.82, 2.24) is 4.90 Å². The van der Waals surface area contributed by atoms with E-state index in [2.05, 4.69) is 0 Å². The summed E-state index contributed by atoms with van der Waals surface area (Å²) in [4.78, 5) is 24.6. The Morgan fingerprint density at radius 3 is 2.71 bits per heavy atom. The number of benzene rings is 1. The summed E-state index contributed by atoms with van der Waals surface area (Å²) in [5, 5.41) is 19.9. The lowest BCUT2D eigenvalue weighted by molar-refractivity contribution is -0.384. The zero-order valence-electron chi connectivity index (χ0n) is 11.5. The maximum atomic E-state index is 12.5. The van der Waals surface area contributed by atoms with Crippen molar-refractivity contribution >= 4 is 23.2 Å². The Hall–Kier alpha value is -1.66. The first-order valence-corrected chi connectivity index (χ1v) is 7.28. The highest BCUT2D eigenvalue weighted by atomic mass is 35.5. The van der Waals surface area contributed by atoms with Gasteiger partial charge < -0.3 is 10.0 Å². The van der Waals surface area contributed by atoms with Crippen molar-refractivity contribution in [1.29, 1.82) is 0 Å². The van der Waals surface area contributed by atoms with Crippen molar-refractivity contribution < 1.29 is 14.8 Å². The van der Waals surface area contributed by atoms with Crippen LogP contribution in [0.2, 0.25) is 5.02 Å². The Morgan fingerprint density at radius 2 is 2.19 bits per heavy atom. The first-order chi connectivity index (χ1) is 10.0. The minimum absolute atomic E-state index is 0.0112. The Morgan fingerprint density at radius 1 is 1.48 bits per heavy atom. The van der Waals surface area contributed by atoms with Crippen LogP contribution in [0.5, 0.6) is 0 Å². The van der Waals surface area contributed by atoms with Crippen molar-refractivity contribution in [3.63, 3.8) is 0 Å². The molecule has 0 heterocycles. The standard InChI is InChI=1S/C14H17ClN2O4/c15-12-6-5-10(9-13(12)17(20)21)14(19)16(7-2-8-18)11-3-1-4-11/h5-6,9,11,18H,1-4,7-8H2. The van der Waals surface area contributed by atoms with Crippen LogP contribution < -0.4 is 0 Å². The van der Waals surface area contributed by atoms with Gasteiger partial charge in [0.15, 0.2) is 0 Å². The predicted octanol–water partition coefficient (Wildman–Crippen LogP) is 2.63. The number of hydrogen-bond acceptors (Lipinski definition) is 4. The second-order valence-corrected chi connectivity index (χ2v) is 5.49. The molecule has 0 saturated heterocycles. The predicted molar refractivity (Wildman–Crippen MR) is 78.5 cm³/mol. The van der Waals surface area contributed by atoms with E-state index < -0.39 is 4.92 Å². The van der Waals surface area contributed by atoms with Crippen LogP contribution in [0.3, 0.4) is 0 Å². The maximum absolute atomic E-state index is 12.5. The van der Waals surface area contributed by atoms with Crippen LogP contribution in [0.15, 0.2) is 18.2 Å². The molecule has 0 spiro atoms. The van der Waals surface area contributed by atoms with E-state index in [9.17, 15) is 14.9 Å². The molecule has 1 aromatic carbocycles. The van der Waals surface area contributed by atoms with Gasteiger partial charge in [0.05, 0.1) is 4.92 Å². The lowest BCUT2D eigenvalue weighted by Gasteiger charge is -2.37. The molecule has 1 amide bonds. The SMILES string of the molecule is O=C(c1ccc(Cl)c([N+](=O)[O-])c1)N(CCCO)C1CCC1. The van der Waals surface area contributed by atoms with Gasteiger partial charge >= 0.3 is 0 Å². The van der Waals surface area contributed by atoms with E-state index in [1.54, 1.807) is 4.90 Å². The number of nitrogens with zero attached hydrogens (tertiary/aromatic N) is 2. The molecule has 1 N–H and O–H groups in total. The van der Waals surface area contributed by atoms with E-state index in [0.29, 0.717) is 13.0 Å². The molecule has 114 valence electrons. The minimum atomic E-state index is -0.597. The molecule has 2 rings (SSSR count). The number of rotatable bonds is 6. The monoisotopic (exact) mass is 312 g/mol. The number of carbonyl (C=O) groups is 1. The van der Waals surface area contributed by atoms with Crippen LogP contribution in [0.25, 0.3) is 0 Å². The average molecular weight is 313 g/mol. The Balaban J connectivity index is 2.23. The van der Waals surface area contributed by atoms with Crippen LogP contribution in [0, 0.1) is 10.1 Å². The molecule has 0 bridgehead atoms. The largest absolute Gasteiger partial charge is 0.396 e. The van der Waals surface area contributed by atoms with Gasteiger partial charge in [-0.2, -0.15) is 0 Å². The number of aliphatic hydroxyl groups excluding tert-OH is 1. The van der Waals surface area contributed by atoms with Gasteiger partial charge in [0.2, 0.25) is 0 Å². The summed E-state index contributed by atoms with van der Waals surface area (Å²) in [6, 6.07) is 4.26. The minimum Gasteiger partial charge on any atom is -0.396 e. The molecular formula is C14H17ClN2O4.